The molecule has 0 fully saturated rings. The number of hydrogen-bond acceptors (Lipinski definition) is 8. The van der Waals surface area contributed by atoms with Crippen LogP contribution < -0.4 is 0 Å². The number of allylic oxidation sites excluding steroid dienone is 4. The van der Waals surface area contributed by atoms with Crippen LogP contribution >= 0.6 is 77.2 Å². The minimum Gasteiger partial charge on any atom is -0.256 e. The summed E-state index contributed by atoms with van der Waals surface area (Å²) in [5, 5.41) is 3.60. The van der Waals surface area contributed by atoms with E-state index in [1.165, 1.54) is 52.0 Å². The Bertz CT molecular complexity index is 5230. The summed E-state index contributed by atoms with van der Waals surface area (Å²) < 4.78 is 186. The number of rotatable bonds is 10. The Labute approximate surface area is 603 Å². The highest BCUT2D eigenvalue weighted by molar-refractivity contribution is 9.11. The molecule has 0 atom stereocenters. The summed E-state index contributed by atoms with van der Waals surface area (Å²) in [7, 11) is 0. The van der Waals surface area contributed by atoms with Gasteiger partial charge in [-0.15, -0.1) is 45.3 Å². The first kappa shape index (κ1) is 69.4. The smallest absolute Gasteiger partial charge is 0.256 e. The first-order valence-corrected chi connectivity index (χ1v) is 35.6. The number of pyridine rings is 4. The van der Waals surface area contributed by atoms with Crippen molar-refractivity contribution in [1.29, 1.82) is 0 Å². The Morgan fingerprint density at radius 1 is 0.277 bits per heavy atom. The van der Waals surface area contributed by atoms with Gasteiger partial charge in [-0.25, -0.2) is 0 Å². The average Bonchev–Trinajstić information content (AvgIpc) is 1.53. The Hall–Kier alpha value is -8.64. The standard InChI is InChI=1S/C63H38F6N4S2.C15H8Br2F6S2.CH4/c1-35-51(29-57(74-35)45-25-41(47-19-37-11-3-7-15-53(37)70-31-47)23-42(26-45)48-20-38-12-4-8-16-54(38)71-32-48)59-60(62(66,67)63(68,69)61(59,64)65)52-30-58(75-36(52)2)46-27-43(49-21-39-13-5-9-17-55(39)72-33-49)24-44(28-46)50-22-40-14-6-10-18-56(40)73-34-50;1-5-7(3-9(16)24-5)11-12(8-4-10(17)25-6(8)2)14(20,21)15(22,23)13(11,18)19;/h3-34H,1-2H3;3-4H,1-2H3;1H4. The summed E-state index contributed by atoms with van der Waals surface area (Å²) >= 11 is 10.4. The molecule has 0 saturated heterocycles. The van der Waals surface area contributed by atoms with E-state index in [0.717, 1.165) is 133 Å². The van der Waals surface area contributed by atoms with E-state index < -0.39 is 57.8 Å². The van der Waals surface area contributed by atoms with Crippen LogP contribution in [0.4, 0.5) is 52.7 Å². The van der Waals surface area contributed by atoms with Crippen molar-refractivity contribution in [2.45, 2.75) is 70.7 Å². The van der Waals surface area contributed by atoms with Gasteiger partial charge in [0.15, 0.2) is 0 Å². The molecule has 0 amide bonds. The molecule has 0 unspecified atom stereocenters. The molecule has 22 heteroatoms. The number of alkyl halides is 12. The van der Waals surface area contributed by atoms with Gasteiger partial charge in [0.05, 0.1) is 29.6 Å². The molecule has 0 spiro atoms. The van der Waals surface area contributed by atoms with Crippen LogP contribution in [0.15, 0.2) is 214 Å². The quantitative estimate of drug-likeness (QED) is 0.128. The third kappa shape index (κ3) is 11.5. The first-order valence-electron chi connectivity index (χ1n) is 30.8. The van der Waals surface area contributed by atoms with E-state index >= 15 is 26.3 Å². The van der Waals surface area contributed by atoms with Crippen LogP contribution in [0.5, 0.6) is 0 Å². The highest BCUT2D eigenvalue weighted by atomic mass is 79.9. The van der Waals surface area contributed by atoms with E-state index in [9.17, 15) is 26.3 Å². The van der Waals surface area contributed by atoms with Gasteiger partial charge >= 0.3 is 35.5 Å². The lowest BCUT2D eigenvalue weighted by atomic mass is 9.93. The van der Waals surface area contributed by atoms with Crippen LogP contribution in [0.3, 0.4) is 0 Å². The van der Waals surface area contributed by atoms with Crippen molar-refractivity contribution < 1.29 is 52.7 Å². The number of fused-ring (bicyclic) bond motifs is 4. The summed E-state index contributed by atoms with van der Waals surface area (Å²) in [6.45, 7) is 5.87. The molecule has 16 rings (SSSR count). The molecule has 14 aromatic rings. The fourth-order valence-electron chi connectivity index (χ4n) is 13.1. The lowest BCUT2D eigenvalue weighted by Gasteiger charge is -2.25. The fourth-order valence-corrected chi connectivity index (χ4v) is 18.5. The summed E-state index contributed by atoms with van der Waals surface area (Å²) in [6.07, 6.45) is 7.02. The number of para-hydroxylation sites is 4. The zero-order chi connectivity index (χ0) is 70.3. The SMILES string of the molecule is C.Cc1sc(-c2cc(-c3cnc4ccccc4c3)cc(-c3cnc4ccccc4c3)c2)cc1C1=C(c2cc(-c3cc(-c4cnc5ccccc5c4)cc(-c4cnc5ccccc5c4)c3)sc2C)C(F)(F)C(F)(F)C1(F)F.Cc1sc(Br)cc1C1=C(c2cc(Br)sc2C)C(F)(F)C(F)(F)C1(F)F. The van der Waals surface area contributed by atoms with Gasteiger partial charge in [0, 0.05) is 120 Å². The fraction of sp³-hybridized carbons (Fsp3) is 0.139. The van der Waals surface area contributed by atoms with Gasteiger partial charge in [0.1, 0.15) is 0 Å². The van der Waals surface area contributed by atoms with E-state index in [-0.39, 0.29) is 49.2 Å². The minimum absolute atomic E-state index is 0. The highest BCUT2D eigenvalue weighted by Crippen LogP contribution is 2.68. The van der Waals surface area contributed by atoms with Gasteiger partial charge in [-0.2, -0.15) is 52.7 Å². The first-order chi connectivity index (χ1) is 47.5. The van der Waals surface area contributed by atoms with Crippen molar-refractivity contribution in [1.82, 2.24) is 19.9 Å². The molecule has 508 valence electrons. The van der Waals surface area contributed by atoms with Crippen LogP contribution in [0.1, 0.15) is 49.2 Å². The van der Waals surface area contributed by atoms with E-state index in [1.54, 1.807) is 24.8 Å². The normalized spacial score (nSPS) is 16.3. The molecule has 0 aliphatic heterocycles. The number of benzene rings is 6. The van der Waals surface area contributed by atoms with E-state index in [1.807, 2.05) is 158 Å². The van der Waals surface area contributed by atoms with Crippen LogP contribution in [0.2, 0.25) is 0 Å². The zero-order valence-corrected chi connectivity index (χ0v) is 58.8. The molecule has 8 aromatic heterocycles. The number of halogens is 14. The van der Waals surface area contributed by atoms with E-state index in [2.05, 4.69) is 31.9 Å². The Morgan fingerprint density at radius 2 is 0.505 bits per heavy atom. The van der Waals surface area contributed by atoms with Gasteiger partial charge in [0.2, 0.25) is 0 Å². The zero-order valence-electron chi connectivity index (χ0n) is 52.3. The van der Waals surface area contributed by atoms with Crippen molar-refractivity contribution in [3.63, 3.8) is 0 Å². The molecule has 0 bridgehead atoms. The lowest BCUT2D eigenvalue weighted by Crippen LogP contribution is -2.48. The molecular formula is C79H50Br2F12N4S4. The van der Waals surface area contributed by atoms with Crippen molar-refractivity contribution in [3.05, 3.63) is 256 Å². The van der Waals surface area contributed by atoms with Crippen LogP contribution in [0.25, 0.3) is 131 Å². The van der Waals surface area contributed by atoms with Crippen molar-refractivity contribution in [3.8, 4) is 65.4 Å². The molecule has 6 aromatic carbocycles. The maximum Gasteiger partial charge on any atom is 0.380 e. The number of thiophene rings is 4. The summed E-state index contributed by atoms with van der Waals surface area (Å²) in [4.78, 5) is 20.5. The third-order valence-corrected chi connectivity index (χ3v) is 23.5. The minimum atomic E-state index is -5.76. The number of nitrogens with zero attached hydrogens (tertiary/aromatic N) is 4. The van der Waals surface area contributed by atoms with E-state index in [4.69, 9.17) is 19.9 Å². The summed E-state index contributed by atoms with van der Waals surface area (Å²) in [5.74, 6) is -31.8. The lowest BCUT2D eigenvalue weighted by molar-refractivity contribution is -0.254. The summed E-state index contributed by atoms with van der Waals surface area (Å²) in [6, 6.07) is 55.3. The van der Waals surface area contributed by atoms with Crippen LogP contribution in [0, 0.1) is 27.7 Å². The van der Waals surface area contributed by atoms with Gasteiger partial charge in [-0.3, -0.25) is 19.9 Å². The van der Waals surface area contributed by atoms with Gasteiger partial charge in [-0.1, -0.05) is 80.2 Å². The maximum absolute atomic E-state index is 16.8. The molecular weight excluding hydrogens is 1520 g/mol. The molecule has 101 heavy (non-hydrogen) atoms. The molecule has 4 nitrogen and oxygen atoms in total. The largest absolute Gasteiger partial charge is 0.380 e. The predicted molar refractivity (Wildman–Crippen MR) is 395 cm³/mol. The number of aryl methyl sites for hydroxylation is 4. The third-order valence-electron chi connectivity index (χ3n) is 18.2. The second kappa shape index (κ2) is 25.4. The van der Waals surface area contributed by atoms with Crippen molar-refractivity contribution in [2.24, 2.45) is 0 Å². The van der Waals surface area contributed by atoms with Crippen molar-refractivity contribution in [2.75, 3.05) is 0 Å². The number of aromatic nitrogens is 4. The predicted octanol–water partition coefficient (Wildman–Crippen LogP) is 26.9. The van der Waals surface area contributed by atoms with Gasteiger partial charge in [-0.05, 0) is 224 Å². The molecule has 8 heterocycles. The molecule has 0 saturated carbocycles. The maximum atomic E-state index is 16.8. The molecule has 0 radical (unpaired) electrons. The highest BCUT2D eigenvalue weighted by Gasteiger charge is 2.81. The average molecular weight is 1570 g/mol. The Balaban J connectivity index is 0.000000281. The van der Waals surface area contributed by atoms with Crippen LogP contribution in [-0.4, -0.2) is 55.5 Å². The van der Waals surface area contributed by atoms with E-state index in [0.29, 0.717) is 28.5 Å². The number of hydrogen-bond donors (Lipinski definition) is 0. The molecule has 0 N–H and O–H groups in total. The summed E-state index contributed by atoms with van der Waals surface area (Å²) in [5.41, 5.74) is 3.66. The molecule has 2 aliphatic rings. The topological polar surface area (TPSA) is 51.6 Å². The van der Waals surface area contributed by atoms with Gasteiger partial charge in [0.25, 0.3) is 0 Å². The Morgan fingerprint density at radius 3 is 0.752 bits per heavy atom. The second-order valence-corrected chi connectivity index (χ2v) is 32.2. The monoisotopic (exact) mass is 1570 g/mol. The van der Waals surface area contributed by atoms with Crippen LogP contribution in [-0.2, 0) is 0 Å². The molecule has 2 aliphatic carbocycles. The van der Waals surface area contributed by atoms with Crippen molar-refractivity contribution >= 4 is 143 Å². The second-order valence-electron chi connectivity index (χ2n) is 24.4. The van der Waals surface area contributed by atoms with Gasteiger partial charge < -0.3 is 0 Å². The Kier molecular flexibility index (Phi) is 17.5.